The summed E-state index contributed by atoms with van der Waals surface area (Å²) in [7, 11) is 0. The van der Waals surface area contributed by atoms with Crippen LogP contribution in [0.5, 0.6) is 0 Å². The van der Waals surface area contributed by atoms with Crippen molar-refractivity contribution in [2.75, 3.05) is 0 Å². The zero-order valence-corrected chi connectivity index (χ0v) is 12.7. The van der Waals surface area contributed by atoms with Crippen LogP contribution in [0.15, 0.2) is 36.4 Å². The second-order valence-corrected chi connectivity index (χ2v) is 5.42. The quantitative estimate of drug-likeness (QED) is 0.833. The Bertz CT molecular complexity index is 722. The number of carbonyl (C=O) groups excluding carboxylic acids is 1. The molecule has 23 heavy (non-hydrogen) atoms. The molecule has 0 bridgehead atoms. The number of hydrogen-bond acceptors (Lipinski definition) is 2. The smallest absolute Gasteiger partial charge is 0.254 e. The molecule has 2 aromatic rings. The Labute approximate surface area is 135 Å². The van der Waals surface area contributed by atoms with E-state index < -0.39 is 41.1 Å². The van der Waals surface area contributed by atoms with Gasteiger partial charge >= 0.3 is 0 Å². The van der Waals surface area contributed by atoms with Crippen LogP contribution in [0.3, 0.4) is 0 Å². The van der Waals surface area contributed by atoms with Gasteiger partial charge in [0.1, 0.15) is 0 Å². The highest BCUT2D eigenvalue weighted by atomic mass is 35.5. The minimum atomic E-state index is -1.72. The van der Waals surface area contributed by atoms with E-state index in [1.807, 2.05) is 0 Å². The van der Waals surface area contributed by atoms with Gasteiger partial charge in [-0.25, -0.2) is 13.2 Å². The van der Waals surface area contributed by atoms with Crippen LogP contribution in [-0.4, -0.2) is 17.1 Å². The van der Waals surface area contributed by atoms with Crippen LogP contribution in [0.1, 0.15) is 28.9 Å². The molecule has 0 saturated carbocycles. The normalized spacial score (nSPS) is 13.5. The van der Waals surface area contributed by atoms with Crippen molar-refractivity contribution in [1.82, 2.24) is 5.32 Å². The van der Waals surface area contributed by atoms with Crippen molar-refractivity contribution < 1.29 is 23.1 Å². The lowest BCUT2D eigenvalue weighted by atomic mass is 10.0. The number of amides is 1. The van der Waals surface area contributed by atoms with Crippen molar-refractivity contribution >= 4 is 17.5 Å². The highest BCUT2D eigenvalue weighted by molar-refractivity contribution is 6.30. The predicted molar refractivity (Wildman–Crippen MR) is 79.7 cm³/mol. The monoisotopic (exact) mass is 343 g/mol. The molecule has 2 atom stereocenters. The van der Waals surface area contributed by atoms with Gasteiger partial charge in [-0.2, -0.15) is 0 Å². The minimum Gasteiger partial charge on any atom is -0.386 e. The van der Waals surface area contributed by atoms with E-state index in [4.69, 9.17) is 11.6 Å². The number of halogens is 4. The molecule has 7 heteroatoms. The molecule has 0 fully saturated rings. The van der Waals surface area contributed by atoms with Crippen molar-refractivity contribution in [1.29, 1.82) is 0 Å². The van der Waals surface area contributed by atoms with Gasteiger partial charge in [0.2, 0.25) is 0 Å². The summed E-state index contributed by atoms with van der Waals surface area (Å²) in [5.41, 5.74) is -0.146. The van der Waals surface area contributed by atoms with E-state index in [0.29, 0.717) is 16.7 Å². The number of benzene rings is 2. The first-order valence-corrected chi connectivity index (χ1v) is 7.07. The molecule has 0 aliphatic carbocycles. The third-order valence-electron chi connectivity index (χ3n) is 3.32. The van der Waals surface area contributed by atoms with Crippen molar-refractivity contribution in [2.45, 2.75) is 19.1 Å². The standard InChI is InChI=1S/C16H13ClF3NO2/c1-8(15(22)9-2-4-10(17)5-3-9)21-16(23)11-6-7-12(18)14(20)13(11)19/h2-8,15,22H,1H3,(H,21,23). The first-order chi connectivity index (χ1) is 10.8. The molecule has 122 valence electrons. The van der Waals surface area contributed by atoms with Gasteiger partial charge in [0.15, 0.2) is 17.5 Å². The third-order valence-corrected chi connectivity index (χ3v) is 3.58. The topological polar surface area (TPSA) is 49.3 Å². The van der Waals surface area contributed by atoms with Crippen LogP contribution < -0.4 is 5.32 Å². The maximum atomic E-state index is 13.6. The lowest BCUT2D eigenvalue weighted by Gasteiger charge is -2.21. The number of hydrogen-bond donors (Lipinski definition) is 2. The minimum absolute atomic E-state index is 0.487. The molecule has 2 unspecified atom stereocenters. The van der Waals surface area contributed by atoms with E-state index in [9.17, 15) is 23.1 Å². The molecule has 2 N–H and O–H groups in total. The van der Waals surface area contributed by atoms with Gasteiger partial charge in [-0.3, -0.25) is 4.79 Å². The molecule has 0 heterocycles. The number of nitrogens with one attached hydrogen (secondary N) is 1. The zero-order chi connectivity index (χ0) is 17.1. The predicted octanol–water partition coefficient (Wildman–Crippen LogP) is 3.61. The fraction of sp³-hybridized carbons (Fsp3) is 0.188. The first-order valence-electron chi connectivity index (χ1n) is 6.69. The SMILES string of the molecule is CC(NC(=O)c1ccc(F)c(F)c1F)C(O)c1ccc(Cl)cc1. The molecule has 3 nitrogen and oxygen atoms in total. The molecule has 0 saturated heterocycles. The van der Waals surface area contributed by atoms with E-state index in [-0.39, 0.29) is 0 Å². The first kappa shape index (κ1) is 17.3. The van der Waals surface area contributed by atoms with Crippen molar-refractivity contribution in [3.63, 3.8) is 0 Å². The lowest BCUT2D eigenvalue weighted by molar-refractivity contribution is 0.0847. The number of aliphatic hydroxyl groups excluding tert-OH is 1. The average Bonchev–Trinajstić information content (AvgIpc) is 2.52. The van der Waals surface area contributed by atoms with Gasteiger partial charge < -0.3 is 10.4 Å². The molecule has 0 aromatic heterocycles. The van der Waals surface area contributed by atoms with Crippen LogP contribution >= 0.6 is 11.6 Å². The Morgan fingerprint density at radius 3 is 2.30 bits per heavy atom. The van der Waals surface area contributed by atoms with Crippen molar-refractivity contribution in [3.8, 4) is 0 Å². The van der Waals surface area contributed by atoms with Crippen LogP contribution in [0.2, 0.25) is 5.02 Å². The summed E-state index contributed by atoms with van der Waals surface area (Å²) in [6.07, 6.45) is -1.08. The van der Waals surface area contributed by atoms with Crippen LogP contribution in [-0.2, 0) is 0 Å². The van der Waals surface area contributed by atoms with Crippen LogP contribution in [0, 0.1) is 17.5 Å². The molecule has 0 aliphatic heterocycles. The number of carbonyl (C=O) groups is 1. The van der Waals surface area contributed by atoms with E-state index in [1.54, 1.807) is 24.3 Å². The molecule has 0 aliphatic rings. The molecule has 0 radical (unpaired) electrons. The summed E-state index contributed by atoms with van der Waals surface area (Å²) >= 11 is 5.75. The van der Waals surface area contributed by atoms with E-state index in [2.05, 4.69) is 5.32 Å². The second-order valence-electron chi connectivity index (χ2n) is 4.98. The fourth-order valence-corrected chi connectivity index (χ4v) is 2.14. The van der Waals surface area contributed by atoms with Crippen LogP contribution in [0.25, 0.3) is 0 Å². The van der Waals surface area contributed by atoms with Gasteiger partial charge in [-0.1, -0.05) is 23.7 Å². The molecule has 0 spiro atoms. The molecule has 2 rings (SSSR count). The van der Waals surface area contributed by atoms with Gasteiger partial charge in [-0.05, 0) is 36.8 Å². The summed E-state index contributed by atoms with van der Waals surface area (Å²) in [5.74, 6) is -5.63. The van der Waals surface area contributed by atoms with Gasteiger partial charge in [0.25, 0.3) is 5.91 Å². The largest absolute Gasteiger partial charge is 0.386 e. The molecular weight excluding hydrogens is 331 g/mol. The summed E-state index contributed by atoms with van der Waals surface area (Å²) in [6.45, 7) is 1.49. The van der Waals surface area contributed by atoms with E-state index in [1.165, 1.54) is 6.92 Å². The van der Waals surface area contributed by atoms with E-state index in [0.717, 1.165) is 6.07 Å². The Morgan fingerprint density at radius 2 is 1.70 bits per heavy atom. The van der Waals surface area contributed by atoms with Gasteiger partial charge in [0.05, 0.1) is 17.7 Å². The highest BCUT2D eigenvalue weighted by Crippen LogP contribution is 2.20. The zero-order valence-electron chi connectivity index (χ0n) is 12.0. The van der Waals surface area contributed by atoms with Crippen molar-refractivity contribution in [2.24, 2.45) is 0 Å². The maximum absolute atomic E-state index is 13.6. The summed E-state index contributed by atoms with van der Waals surface area (Å²) in [6, 6.07) is 7.00. The van der Waals surface area contributed by atoms with Gasteiger partial charge in [0, 0.05) is 5.02 Å². The summed E-state index contributed by atoms with van der Waals surface area (Å²) < 4.78 is 39.6. The maximum Gasteiger partial charge on any atom is 0.254 e. The Hall–Kier alpha value is -2.05. The van der Waals surface area contributed by atoms with Crippen LogP contribution in [0.4, 0.5) is 13.2 Å². The van der Waals surface area contributed by atoms with Crippen molar-refractivity contribution in [3.05, 3.63) is 70.0 Å². The Kier molecular flexibility index (Phi) is 5.28. The second kappa shape index (κ2) is 7.02. The molecule has 2 aromatic carbocycles. The summed E-state index contributed by atoms with van der Waals surface area (Å²) in [5, 5.41) is 13.0. The van der Waals surface area contributed by atoms with Gasteiger partial charge in [-0.15, -0.1) is 0 Å². The highest BCUT2D eigenvalue weighted by Gasteiger charge is 2.23. The number of rotatable bonds is 4. The fourth-order valence-electron chi connectivity index (χ4n) is 2.01. The van der Waals surface area contributed by atoms with E-state index >= 15 is 0 Å². The Morgan fingerprint density at radius 1 is 1.09 bits per heavy atom. The Balaban J connectivity index is 2.13. The number of aliphatic hydroxyl groups is 1. The molecular formula is C16H13ClF3NO2. The molecule has 1 amide bonds. The summed E-state index contributed by atoms with van der Waals surface area (Å²) in [4.78, 5) is 12.0. The average molecular weight is 344 g/mol. The lowest BCUT2D eigenvalue weighted by Crippen LogP contribution is -2.37. The third kappa shape index (κ3) is 3.83.